The van der Waals surface area contributed by atoms with Crippen molar-refractivity contribution in [3.63, 3.8) is 0 Å². The zero-order valence-corrected chi connectivity index (χ0v) is 10.5. The van der Waals surface area contributed by atoms with Gasteiger partial charge in [-0.05, 0) is 43.4 Å². The van der Waals surface area contributed by atoms with Crippen molar-refractivity contribution in [1.82, 2.24) is 4.90 Å². The molecule has 1 aliphatic heterocycles. The number of halogens is 1. The molecule has 1 amide bonds. The molecular weight excluding hydrogens is 233 g/mol. The Bertz CT molecular complexity index is 441. The lowest BCUT2D eigenvalue weighted by Gasteiger charge is -2.28. The van der Waals surface area contributed by atoms with Crippen molar-refractivity contribution >= 4 is 5.91 Å². The van der Waals surface area contributed by atoms with Gasteiger partial charge >= 0.3 is 0 Å². The molecule has 2 rings (SSSR count). The number of carbonyl (C=O) groups excluding carboxylic acids is 1. The van der Waals surface area contributed by atoms with Gasteiger partial charge in [0.25, 0.3) is 5.91 Å². The molecule has 0 saturated carbocycles. The Morgan fingerprint density at radius 1 is 1.33 bits per heavy atom. The highest BCUT2D eigenvalue weighted by atomic mass is 19.1. The second-order valence-corrected chi connectivity index (χ2v) is 4.80. The van der Waals surface area contributed by atoms with Crippen LogP contribution >= 0.6 is 0 Å². The maximum atomic E-state index is 13.1. The van der Waals surface area contributed by atoms with Crippen molar-refractivity contribution in [3.8, 4) is 0 Å². The van der Waals surface area contributed by atoms with Gasteiger partial charge in [0.1, 0.15) is 5.82 Å². The van der Waals surface area contributed by atoms with Crippen molar-refractivity contribution < 1.29 is 14.3 Å². The number of piperidine rings is 1. The van der Waals surface area contributed by atoms with Gasteiger partial charge in [-0.25, -0.2) is 4.39 Å². The average Bonchev–Trinajstić information content (AvgIpc) is 2.41. The Morgan fingerprint density at radius 2 is 2.00 bits per heavy atom. The number of rotatable bonds is 2. The Hall–Kier alpha value is -1.42. The summed E-state index contributed by atoms with van der Waals surface area (Å²) in [7, 11) is 0. The van der Waals surface area contributed by atoms with E-state index in [-0.39, 0.29) is 11.7 Å². The number of aliphatic hydroxyl groups excluding tert-OH is 1. The Labute approximate surface area is 106 Å². The van der Waals surface area contributed by atoms with E-state index in [9.17, 15) is 14.3 Å². The van der Waals surface area contributed by atoms with E-state index in [2.05, 4.69) is 0 Å². The van der Waals surface area contributed by atoms with Crippen LogP contribution in [0, 0.1) is 12.7 Å². The lowest BCUT2D eigenvalue weighted by Crippen LogP contribution is -2.38. The molecule has 0 aliphatic carbocycles. The maximum Gasteiger partial charge on any atom is 0.256 e. The van der Waals surface area contributed by atoms with Crippen LogP contribution in [0.25, 0.3) is 0 Å². The maximum absolute atomic E-state index is 13.1. The van der Waals surface area contributed by atoms with Crippen LogP contribution in [-0.2, 0) is 4.79 Å². The Kier molecular flexibility index (Phi) is 3.97. The number of aryl methyl sites for hydroxylation is 1. The molecule has 1 fully saturated rings. The zero-order valence-electron chi connectivity index (χ0n) is 10.5. The molecular formula is C14H18FNO2. The minimum atomic E-state index is -1.18. The first-order valence-corrected chi connectivity index (χ1v) is 6.32. The molecule has 0 aromatic heterocycles. The van der Waals surface area contributed by atoms with E-state index < -0.39 is 6.10 Å². The minimum Gasteiger partial charge on any atom is -0.378 e. The molecule has 1 aliphatic rings. The van der Waals surface area contributed by atoms with Gasteiger partial charge in [0.2, 0.25) is 0 Å². The normalized spacial score (nSPS) is 17.6. The smallest absolute Gasteiger partial charge is 0.256 e. The first-order chi connectivity index (χ1) is 8.59. The molecule has 1 aromatic rings. The number of hydrogen-bond acceptors (Lipinski definition) is 2. The van der Waals surface area contributed by atoms with E-state index in [1.54, 1.807) is 11.8 Å². The van der Waals surface area contributed by atoms with Crippen LogP contribution in [0.4, 0.5) is 4.39 Å². The number of amides is 1. The Balaban J connectivity index is 2.11. The highest BCUT2D eigenvalue weighted by Gasteiger charge is 2.25. The van der Waals surface area contributed by atoms with Crippen molar-refractivity contribution in [1.29, 1.82) is 0 Å². The molecule has 4 heteroatoms. The second-order valence-electron chi connectivity index (χ2n) is 4.80. The van der Waals surface area contributed by atoms with Crippen LogP contribution in [0.2, 0.25) is 0 Å². The third-order valence-corrected chi connectivity index (χ3v) is 3.40. The van der Waals surface area contributed by atoms with Crippen molar-refractivity contribution in [2.75, 3.05) is 13.1 Å². The molecule has 1 saturated heterocycles. The predicted molar refractivity (Wildman–Crippen MR) is 66.5 cm³/mol. The number of benzene rings is 1. The second kappa shape index (κ2) is 5.48. The van der Waals surface area contributed by atoms with Crippen molar-refractivity contribution in [2.45, 2.75) is 32.3 Å². The topological polar surface area (TPSA) is 40.5 Å². The fourth-order valence-corrected chi connectivity index (χ4v) is 2.27. The molecule has 1 atom stereocenters. The van der Waals surface area contributed by atoms with Crippen LogP contribution < -0.4 is 0 Å². The monoisotopic (exact) mass is 251 g/mol. The van der Waals surface area contributed by atoms with E-state index in [1.807, 2.05) is 0 Å². The summed E-state index contributed by atoms with van der Waals surface area (Å²) in [6.07, 6.45) is 1.93. The fourth-order valence-electron chi connectivity index (χ4n) is 2.27. The summed E-state index contributed by atoms with van der Waals surface area (Å²) >= 11 is 0. The van der Waals surface area contributed by atoms with E-state index in [0.717, 1.165) is 19.3 Å². The first-order valence-electron chi connectivity index (χ1n) is 6.32. The molecule has 18 heavy (non-hydrogen) atoms. The van der Waals surface area contributed by atoms with Gasteiger partial charge in [0.15, 0.2) is 6.10 Å². The molecule has 3 nitrogen and oxygen atoms in total. The largest absolute Gasteiger partial charge is 0.378 e. The SMILES string of the molecule is Cc1cc(C(O)C(=O)N2CCCCC2)ccc1F. The summed E-state index contributed by atoms with van der Waals surface area (Å²) in [6.45, 7) is 3.03. The number of carbonyl (C=O) groups is 1. The lowest BCUT2D eigenvalue weighted by atomic mass is 10.0. The van der Waals surface area contributed by atoms with Gasteiger partial charge in [-0.3, -0.25) is 4.79 Å². The quantitative estimate of drug-likeness (QED) is 0.875. The Morgan fingerprint density at radius 3 is 2.61 bits per heavy atom. The van der Waals surface area contributed by atoms with Crippen LogP contribution in [0.5, 0.6) is 0 Å². The van der Waals surface area contributed by atoms with Crippen LogP contribution in [0.3, 0.4) is 0 Å². The zero-order chi connectivity index (χ0) is 13.1. The average molecular weight is 251 g/mol. The number of likely N-dealkylation sites (tertiary alicyclic amines) is 1. The van der Waals surface area contributed by atoms with Gasteiger partial charge in [0, 0.05) is 13.1 Å². The van der Waals surface area contributed by atoms with E-state index >= 15 is 0 Å². The first kappa shape index (κ1) is 13.0. The van der Waals surface area contributed by atoms with Gasteiger partial charge in [-0.1, -0.05) is 12.1 Å². The van der Waals surface area contributed by atoms with Gasteiger partial charge in [-0.15, -0.1) is 0 Å². The summed E-state index contributed by atoms with van der Waals surface area (Å²) < 4.78 is 13.1. The van der Waals surface area contributed by atoms with Crippen LogP contribution in [0.1, 0.15) is 36.5 Å². The van der Waals surface area contributed by atoms with Gasteiger partial charge in [-0.2, -0.15) is 0 Å². The van der Waals surface area contributed by atoms with E-state index in [1.165, 1.54) is 18.2 Å². The van der Waals surface area contributed by atoms with Gasteiger partial charge < -0.3 is 10.0 Å². The molecule has 1 heterocycles. The molecule has 1 N–H and O–H groups in total. The summed E-state index contributed by atoms with van der Waals surface area (Å²) in [5.74, 6) is -0.600. The fraction of sp³-hybridized carbons (Fsp3) is 0.500. The lowest BCUT2D eigenvalue weighted by molar-refractivity contribution is -0.141. The van der Waals surface area contributed by atoms with Crippen LogP contribution in [-0.4, -0.2) is 29.0 Å². The van der Waals surface area contributed by atoms with E-state index in [0.29, 0.717) is 24.2 Å². The summed E-state index contributed by atoms with van der Waals surface area (Å²) in [6, 6.07) is 4.29. The summed E-state index contributed by atoms with van der Waals surface area (Å²) in [5.41, 5.74) is 0.905. The highest BCUT2D eigenvalue weighted by Crippen LogP contribution is 2.20. The predicted octanol–water partition coefficient (Wildman–Crippen LogP) is 2.18. The molecule has 98 valence electrons. The number of hydrogen-bond donors (Lipinski definition) is 1. The number of aliphatic hydroxyl groups is 1. The van der Waals surface area contributed by atoms with Gasteiger partial charge in [0.05, 0.1) is 0 Å². The van der Waals surface area contributed by atoms with Crippen molar-refractivity contribution in [2.24, 2.45) is 0 Å². The summed E-state index contributed by atoms with van der Waals surface area (Å²) in [5, 5.41) is 10.0. The molecule has 1 unspecified atom stereocenters. The standard InChI is InChI=1S/C14H18FNO2/c1-10-9-11(5-6-12(10)15)13(17)14(18)16-7-3-2-4-8-16/h5-6,9,13,17H,2-4,7-8H2,1H3. The molecule has 0 bridgehead atoms. The number of nitrogens with zero attached hydrogens (tertiary/aromatic N) is 1. The van der Waals surface area contributed by atoms with Crippen LogP contribution in [0.15, 0.2) is 18.2 Å². The summed E-state index contributed by atoms with van der Waals surface area (Å²) in [4.78, 5) is 13.8. The molecule has 0 radical (unpaired) electrons. The molecule has 1 aromatic carbocycles. The third-order valence-electron chi connectivity index (χ3n) is 3.40. The highest BCUT2D eigenvalue weighted by molar-refractivity contribution is 5.82. The third kappa shape index (κ3) is 2.70. The van der Waals surface area contributed by atoms with E-state index in [4.69, 9.17) is 0 Å². The molecule has 0 spiro atoms. The van der Waals surface area contributed by atoms with Crippen molar-refractivity contribution in [3.05, 3.63) is 35.1 Å². The minimum absolute atomic E-state index is 0.277.